The first-order chi connectivity index (χ1) is 18.9. The molecule has 6 nitrogen and oxygen atoms in total. The average Bonchev–Trinajstić information content (AvgIpc) is 3.24. The standard InChI is InChI=1S/C33H35N5O/c1-23-11-15-26(16-12-23)20-29(22-36-32(39)21-28-8-6-7-19-35-28)38-31-10-5-4-9-30(31)37(33(38)34)25(3)27-17-13-24(2)14-18-27/h4-19,25,29,34H,20-22H2,1-3H3,(H,36,39). The summed E-state index contributed by atoms with van der Waals surface area (Å²) >= 11 is 0. The van der Waals surface area contributed by atoms with Crippen LogP contribution in [0, 0.1) is 19.3 Å². The molecule has 0 fully saturated rings. The monoisotopic (exact) mass is 517 g/mol. The fraction of sp³-hybridized carbons (Fsp3) is 0.242. The van der Waals surface area contributed by atoms with E-state index >= 15 is 0 Å². The number of aryl methyl sites for hydroxylation is 2. The number of benzene rings is 3. The zero-order valence-electron chi connectivity index (χ0n) is 22.8. The van der Waals surface area contributed by atoms with Gasteiger partial charge in [-0.3, -0.25) is 15.2 Å². The summed E-state index contributed by atoms with van der Waals surface area (Å²) in [6.45, 7) is 6.71. The van der Waals surface area contributed by atoms with Gasteiger partial charge in [0.1, 0.15) is 0 Å². The maximum Gasteiger partial charge on any atom is 0.226 e. The fourth-order valence-corrected chi connectivity index (χ4v) is 5.18. The summed E-state index contributed by atoms with van der Waals surface area (Å²) in [4.78, 5) is 17.2. The van der Waals surface area contributed by atoms with Crippen LogP contribution in [0.1, 0.15) is 47.0 Å². The first-order valence-electron chi connectivity index (χ1n) is 13.5. The molecule has 0 saturated heterocycles. The van der Waals surface area contributed by atoms with Crippen molar-refractivity contribution in [2.45, 2.75) is 45.7 Å². The summed E-state index contributed by atoms with van der Waals surface area (Å²) in [6.07, 6.45) is 2.62. The van der Waals surface area contributed by atoms with Crippen LogP contribution < -0.4 is 10.9 Å². The topological polar surface area (TPSA) is 75.7 Å². The van der Waals surface area contributed by atoms with Gasteiger partial charge in [0.05, 0.1) is 29.5 Å². The molecule has 39 heavy (non-hydrogen) atoms. The molecule has 2 heterocycles. The second-order valence-corrected chi connectivity index (χ2v) is 10.3. The van der Waals surface area contributed by atoms with Gasteiger partial charge in [-0.05, 0) is 62.6 Å². The predicted octanol–water partition coefficient (Wildman–Crippen LogP) is 5.69. The third kappa shape index (κ3) is 5.85. The van der Waals surface area contributed by atoms with E-state index in [2.05, 4.69) is 101 Å². The van der Waals surface area contributed by atoms with E-state index in [1.165, 1.54) is 16.7 Å². The lowest BCUT2D eigenvalue weighted by Crippen LogP contribution is -2.37. The maximum atomic E-state index is 12.9. The lowest BCUT2D eigenvalue weighted by molar-refractivity contribution is -0.120. The molecule has 0 aliphatic heterocycles. The highest BCUT2D eigenvalue weighted by atomic mass is 16.1. The van der Waals surface area contributed by atoms with Crippen LogP contribution in [0.15, 0.2) is 97.2 Å². The average molecular weight is 518 g/mol. The Bertz CT molecular complexity index is 1620. The van der Waals surface area contributed by atoms with Crippen LogP contribution in [-0.4, -0.2) is 26.6 Å². The van der Waals surface area contributed by atoms with Crippen LogP contribution >= 0.6 is 0 Å². The van der Waals surface area contributed by atoms with Crippen molar-refractivity contribution in [1.82, 2.24) is 19.4 Å². The molecule has 0 spiro atoms. The van der Waals surface area contributed by atoms with E-state index in [1.807, 2.05) is 30.3 Å². The minimum absolute atomic E-state index is 0.0250. The van der Waals surface area contributed by atoms with Crippen molar-refractivity contribution in [1.29, 1.82) is 5.41 Å². The zero-order valence-corrected chi connectivity index (χ0v) is 22.8. The van der Waals surface area contributed by atoms with Crippen molar-refractivity contribution in [3.05, 3.63) is 131 Å². The summed E-state index contributed by atoms with van der Waals surface area (Å²) < 4.78 is 4.18. The third-order valence-electron chi connectivity index (χ3n) is 7.36. The van der Waals surface area contributed by atoms with Gasteiger partial charge < -0.3 is 14.5 Å². The number of nitrogens with zero attached hydrogens (tertiary/aromatic N) is 3. The Morgan fingerprint density at radius 1 is 0.846 bits per heavy atom. The summed E-state index contributed by atoms with van der Waals surface area (Å²) in [5.41, 5.74) is 7.88. The highest BCUT2D eigenvalue weighted by Gasteiger charge is 2.23. The molecule has 2 N–H and O–H groups in total. The molecule has 2 atom stereocenters. The van der Waals surface area contributed by atoms with Crippen molar-refractivity contribution >= 4 is 16.9 Å². The van der Waals surface area contributed by atoms with Gasteiger partial charge in [0.15, 0.2) is 0 Å². The van der Waals surface area contributed by atoms with Crippen molar-refractivity contribution in [2.75, 3.05) is 6.54 Å². The van der Waals surface area contributed by atoms with E-state index in [0.717, 1.165) is 22.3 Å². The highest BCUT2D eigenvalue weighted by molar-refractivity contribution is 5.78. The Labute approximate surface area is 229 Å². The molecule has 3 aromatic carbocycles. The molecule has 5 rings (SSSR count). The molecule has 2 unspecified atom stereocenters. The van der Waals surface area contributed by atoms with Crippen LogP contribution in [0.25, 0.3) is 11.0 Å². The van der Waals surface area contributed by atoms with Crippen molar-refractivity contribution in [3.8, 4) is 0 Å². The zero-order chi connectivity index (χ0) is 27.4. The highest BCUT2D eigenvalue weighted by Crippen LogP contribution is 2.26. The van der Waals surface area contributed by atoms with Crippen LogP contribution in [0.3, 0.4) is 0 Å². The summed E-state index contributed by atoms with van der Waals surface area (Å²) in [5, 5.41) is 12.5. The van der Waals surface area contributed by atoms with Gasteiger partial charge >= 0.3 is 0 Å². The molecule has 0 aliphatic carbocycles. The number of carbonyl (C=O) groups excluding carboxylic acids is 1. The predicted molar refractivity (Wildman–Crippen MR) is 156 cm³/mol. The molecule has 0 radical (unpaired) electrons. The molecule has 2 aromatic heterocycles. The van der Waals surface area contributed by atoms with E-state index in [1.54, 1.807) is 6.20 Å². The van der Waals surface area contributed by atoms with Gasteiger partial charge in [-0.15, -0.1) is 0 Å². The molecular formula is C33H35N5O. The number of aromatic nitrogens is 3. The molecular weight excluding hydrogens is 482 g/mol. The fourth-order valence-electron chi connectivity index (χ4n) is 5.18. The molecule has 198 valence electrons. The minimum Gasteiger partial charge on any atom is -0.354 e. The number of hydrogen-bond acceptors (Lipinski definition) is 3. The molecule has 6 heteroatoms. The van der Waals surface area contributed by atoms with E-state index in [-0.39, 0.29) is 24.4 Å². The number of carbonyl (C=O) groups is 1. The first kappa shape index (κ1) is 26.2. The largest absolute Gasteiger partial charge is 0.354 e. The number of fused-ring (bicyclic) bond motifs is 1. The van der Waals surface area contributed by atoms with Gasteiger partial charge in [0.25, 0.3) is 0 Å². The van der Waals surface area contributed by atoms with Crippen LogP contribution in [0.5, 0.6) is 0 Å². The Kier molecular flexibility index (Phi) is 7.73. The second-order valence-electron chi connectivity index (χ2n) is 10.3. The van der Waals surface area contributed by atoms with Crippen LogP contribution in [-0.2, 0) is 17.6 Å². The summed E-state index contributed by atoms with van der Waals surface area (Å²) in [5.74, 6) is -0.0773. The van der Waals surface area contributed by atoms with Gasteiger partial charge in [-0.25, -0.2) is 0 Å². The van der Waals surface area contributed by atoms with Crippen molar-refractivity contribution in [3.63, 3.8) is 0 Å². The van der Waals surface area contributed by atoms with Crippen molar-refractivity contribution < 1.29 is 4.79 Å². The normalized spacial score (nSPS) is 12.8. The van der Waals surface area contributed by atoms with Crippen LogP contribution in [0.2, 0.25) is 0 Å². The Hall–Kier alpha value is -4.45. The lowest BCUT2D eigenvalue weighted by Gasteiger charge is -2.21. The van der Waals surface area contributed by atoms with Gasteiger partial charge in [0.2, 0.25) is 11.5 Å². The Balaban J connectivity index is 1.53. The van der Waals surface area contributed by atoms with Gasteiger partial charge in [0, 0.05) is 18.4 Å². The number of para-hydroxylation sites is 2. The number of imidazole rings is 1. The smallest absolute Gasteiger partial charge is 0.226 e. The molecule has 0 bridgehead atoms. The Morgan fingerprint density at radius 3 is 2.10 bits per heavy atom. The molecule has 0 aliphatic rings. The van der Waals surface area contributed by atoms with Crippen molar-refractivity contribution in [2.24, 2.45) is 0 Å². The maximum absolute atomic E-state index is 12.9. The van der Waals surface area contributed by atoms with E-state index in [9.17, 15) is 10.2 Å². The lowest BCUT2D eigenvalue weighted by atomic mass is 10.0. The third-order valence-corrected chi connectivity index (χ3v) is 7.36. The number of pyridine rings is 1. The van der Waals surface area contributed by atoms with Gasteiger partial charge in [-0.1, -0.05) is 77.9 Å². The van der Waals surface area contributed by atoms with Crippen LogP contribution in [0.4, 0.5) is 0 Å². The molecule has 0 saturated carbocycles. The van der Waals surface area contributed by atoms with Gasteiger partial charge in [-0.2, -0.15) is 0 Å². The number of nitrogens with one attached hydrogen (secondary N) is 2. The summed E-state index contributed by atoms with van der Waals surface area (Å²) in [7, 11) is 0. The molecule has 1 amide bonds. The number of hydrogen-bond donors (Lipinski definition) is 2. The first-order valence-corrected chi connectivity index (χ1v) is 13.5. The van der Waals surface area contributed by atoms with E-state index in [4.69, 9.17) is 0 Å². The minimum atomic E-state index is -0.149. The number of amides is 1. The number of rotatable bonds is 9. The van der Waals surface area contributed by atoms with E-state index in [0.29, 0.717) is 18.6 Å². The SMILES string of the molecule is Cc1ccc(CC(CNC(=O)Cc2ccccn2)n2c(=N)n(C(C)c3ccc(C)cc3)c3ccccc32)cc1. The molecule has 5 aromatic rings. The summed E-state index contributed by atoms with van der Waals surface area (Å²) in [6, 6.07) is 30.6. The Morgan fingerprint density at radius 2 is 1.46 bits per heavy atom. The second kappa shape index (κ2) is 11.5. The van der Waals surface area contributed by atoms with E-state index < -0.39 is 0 Å². The quantitative estimate of drug-likeness (QED) is 0.264.